The summed E-state index contributed by atoms with van der Waals surface area (Å²) in [4.78, 5) is 20.4. The number of ether oxygens (including phenoxy) is 2. The van der Waals surface area contributed by atoms with E-state index in [4.69, 9.17) is 15.3 Å². The van der Waals surface area contributed by atoms with Gasteiger partial charge in [-0.2, -0.15) is 0 Å². The molecule has 168 valence electrons. The number of urea groups is 1. The molecular formula is C25H25N5O3. The number of methoxy groups -OCH3 is 1. The number of carbonyl (C=O) groups is 1. The van der Waals surface area contributed by atoms with Crippen LogP contribution >= 0.6 is 0 Å². The third-order valence-electron chi connectivity index (χ3n) is 5.31. The summed E-state index contributed by atoms with van der Waals surface area (Å²) in [5, 5.41) is 5.94. The van der Waals surface area contributed by atoms with Gasteiger partial charge in [0.1, 0.15) is 12.4 Å². The highest BCUT2D eigenvalue weighted by Crippen LogP contribution is 2.28. The fourth-order valence-electron chi connectivity index (χ4n) is 3.43. The van der Waals surface area contributed by atoms with Crippen molar-refractivity contribution in [3.8, 4) is 22.9 Å². The van der Waals surface area contributed by atoms with Crippen LogP contribution in [0.5, 0.6) is 11.8 Å². The summed E-state index contributed by atoms with van der Waals surface area (Å²) in [6.07, 6.45) is 3.47. The van der Waals surface area contributed by atoms with E-state index in [1.807, 2.05) is 49.4 Å². The van der Waals surface area contributed by atoms with Gasteiger partial charge in [-0.3, -0.25) is 5.01 Å². The Morgan fingerprint density at radius 1 is 1.03 bits per heavy atom. The maximum atomic E-state index is 12.0. The number of nitrogens with zero attached hydrogens (tertiary/aromatic N) is 3. The minimum atomic E-state index is -0.400. The van der Waals surface area contributed by atoms with Gasteiger partial charge in [-0.1, -0.05) is 30.3 Å². The van der Waals surface area contributed by atoms with Gasteiger partial charge in [-0.05, 0) is 53.1 Å². The molecule has 0 unspecified atom stereocenters. The van der Waals surface area contributed by atoms with Crippen LogP contribution in [-0.4, -0.2) is 35.2 Å². The number of fused-ring (bicyclic) bond motifs is 1. The first kappa shape index (κ1) is 22.0. The number of aryl methyl sites for hydroxylation is 1. The van der Waals surface area contributed by atoms with E-state index in [1.165, 1.54) is 14.2 Å². The van der Waals surface area contributed by atoms with Crippen molar-refractivity contribution in [2.45, 2.75) is 13.5 Å². The SMILES string of the molecule is COc1ncc(-c2ccc3ccc(OCc4c(C)cccc4NC(=O)N(C)N)cc3c2)cn1. The Balaban J connectivity index is 1.56. The van der Waals surface area contributed by atoms with Crippen LogP contribution in [0.25, 0.3) is 21.9 Å². The number of carbonyl (C=O) groups excluding carboxylic acids is 1. The predicted molar refractivity (Wildman–Crippen MR) is 128 cm³/mol. The largest absolute Gasteiger partial charge is 0.489 e. The first-order valence-electron chi connectivity index (χ1n) is 10.4. The molecule has 2 amide bonds. The number of hydrazine groups is 1. The van der Waals surface area contributed by atoms with Gasteiger partial charge in [0, 0.05) is 36.3 Å². The van der Waals surface area contributed by atoms with Gasteiger partial charge in [0.2, 0.25) is 0 Å². The molecule has 0 atom stereocenters. The number of anilines is 1. The lowest BCUT2D eigenvalue weighted by Gasteiger charge is -2.17. The average Bonchev–Trinajstić information content (AvgIpc) is 2.83. The number of rotatable bonds is 6. The van der Waals surface area contributed by atoms with Crippen LogP contribution in [-0.2, 0) is 6.61 Å². The van der Waals surface area contributed by atoms with E-state index >= 15 is 0 Å². The molecular weight excluding hydrogens is 418 g/mol. The number of amides is 2. The second-order valence-corrected chi connectivity index (χ2v) is 7.61. The van der Waals surface area contributed by atoms with Gasteiger partial charge < -0.3 is 14.8 Å². The van der Waals surface area contributed by atoms with Gasteiger partial charge >= 0.3 is 12.0 Å². The highest BCUT2D eigenvalue weighted by molar-refractivity contribution is 5.90. The van der Waals surface area contributed by atoms with Crippen LogP contribution in [0.15, 0.2) is 67.0 Å². The van der Waals surface area contributed by atoms with Crippen LogP contribution in [0.3, 0.4) is 0 Å². The van der Waals surface area contributed by atoms with E-state index in [0.717, 1.165) is 43.8 Å². The first-order chi connectivity index (χ1) is 15.9. The molecule has 0 radical (unpaired) electrons. The average molecular weight is 444 g/mol. The number of aromatic nitrogens is 2. The molecule has 0 fully saturated rings. The van der Waals surface area contributed by atoms with Gasteiger partial charge in [-0.25, -0.2) is 20.6 Å². The number of benzene rings is 3. The zero-order valence-electron chi connectivity index (χ0n) is 18.7. The van der Waals surface area contributed by atoms with E-state index < -0.39 is 6.03 Å². The molecule has 0 spiro atoms. The molecule has 4 aromatic rings. The number of hydrogen-bond donors (Lipinski definition) is 2. The molecule has 1 heterocycles. The van der Waals surface area contributed by atoms with Gasteiger partial charge in [0.25, 0.3) is 0 Å². The van der Waals surface area contributed by atoms with Crippen molar-refractivity contribution in [3.05, 3.63) is 78.1 Å². The Hall–Kier alpha value is -4.17. The Morgan fingerprint density at radius 2 is 1.79 bits per heavy atom. The van der Waals surface area contributed by atoms with Crippen LogP contribution < -0.4 is 20.6 Å². The van der Waals surface area contributed by atoms with Crippen LogP contribution in [0.4, 0.5) is 10.5 Å². The van der Waals surface area contributed by atoms with Gasteiger partial charge in [-0.15, -0.1) is 0 Å². The molecule has 0 bridgehead atoms. The third-order valence-corrected chi connectivity index (χ3v) is 5.31. The van der Waals surface area contributed by atoms with E-state index in [9.17, 15) is 4.79 Å². The van der Waals surface area contributed by atoms with Crippen molar-refractivity contribution in [3.63, 3.8) is 0 Å². The van der Waals surface area contributed by atoms with Crippen LogP contribution in [0.2, 0.25) is 0 Å². The third kappa shape index (κ3) is 5.02. The smallest absolute Gasteiger partial charge is 0.335 e. The normalized spacial score (nSPS) is 10.7. The topological polar surface area (TPSA) is 103 Å². The van der Waals surface area contributed by atoms with E-state index in [1.54, 1.807) is 12.4 Å². The molecule has 33 heavy (non-hydrogen) atoms. The Kier molecular flexibility index (Phi) is 6.37. The molecule has 3 aromatic carbocycles. The first-order valence-corrected chi connectivity index (χ1v) is 10.4. The fraction of sp³-hybridized carbons (Fsp3) is 0.160. The molecule has 0 aliphatic carbocycles. The molecule has 8 nitrogen and oxygen atoms in total. The molecule has 4 rings (SSSR count). The Bertz CT molecular complexity index is 1290. The number of nitrogens with one attached hydrogen (secondary N) is 1. The standard InChI is InChI=1S/C25H25N5O3/c1-16-5-4-6-23(29-25(31)30(2)26)22(16)15-33-21-10-9-17-7-8-18(11-19(17)12-21)20-13-27-24(32-3)28-14-20/h4-14H,15,26H2,1-3H3,(H,29,31). The van der Waals surface area contributed by atoms with Crippen molar-refractivity contribution in [2.75, 3.05) is 19.5 Å². The summed E-state index contributed by atoms with van der Waals surface area (Å²) in [6, 6.07) is 17.7. The highest BCUT2D eigenvalue weighted by Gasteiger charge is 2.12. The van der Waals surface area contributed by atoms with Gasteiger partial charge in [0.05, 0.1) is 7.11 Å². The number of hydrogen-bond acceptors (Lipinski definition) is 6. The second-order valence-electron chi connectivity index (χ2n) is 7.61. The molecule has 3 N–H and O–H groups in total. The Labute approximate surface area is 191 Å². The molecule has 0 aliphatic rings. The van der Waals surface area contributed by atoms with Gasteiger partial charge in [0.15, 0.2) is 0 Å². The van der Waals surface area contributed by atoms with Crippen molar-refractivity contribution in [1.29, 1.82) is 0 Å². The molecule has 0 saturated carbocycles. The minimum absolute atomic E-state index is 0.300. The van der Waals surface area contributed by atoms with E-state index in [0.29, 0.717) is 18.3 Å². The van der Waals surface area contributed by atoms with Crippen LogP contribution in [0.1, 0.15) is 11.1 Å². The van der Waals surface area contributed by atoms with Crippen molar-refractivity contribution in [2.24, 2.45) is 5.84 Å². The summed E-state index contributed by atoms with van der Waals surface area (Å²) >= 11 is 0. The Morgan fingerprint density at radius 3 is 2.52 bits per heavy atom. The van der Waals surface area contributed by atoms with Crippen molar-refractivity contribution in [1.82, 2.24) is 15.0 Å². The molecule has 1 aromatic heterocycles. The molecule has 0 saturated heterocycles. The lowest BCUT2D eigenvalue weighted by atomic mass is 10.0. The summed E-state index contributed by atoms with van der Waals surface area (Å²) in [5.41, 5.74) is 4.46. The summed E-state index contributed by atoms with van der Waals surface area (Å²) < 4.78 is 11.1. The monoisotopic (exact) mass is 443 g/mol. The van der Waals surface area contributed by atoms with E-state index in [-0.39, 0.29) is 0 Å². The predicted octanol–water partition coefficient (Wildman–Crippen LogP) is 4.53. The maximum Gasteiger partial charge on any atom is 0.335 e. The number of nitrogens with two attached hydrogens (primary N) is 1. The minimum Gasteiger partial charge on any atom is -0.489 e. The maximum absolute atomic E-state index is 12.0. The van der Waals surface area contributed by atoms with E-state index in [2.05, 4.69) is 27.4 Å². The van der Waals surface area contributed by atoms with Crippen molar-refractivity contribution < 1.29 is 14.3 Å². The van der Waals surface area contributed by atoms with Crippen LogP contribution in [0, 0.1) is 6.92 Å². The van der Waals surface area contributed by atoms with Crippen molar-refractivity contribution >= 4 is 22.5 Å². The fourth-order valence-corrected chi connectivity index (χ4v) is 3.43. The zero-order chi connectivity index (χ0) is 23.4. The second kappa shape index (κ2) is 9.54. The highest BCUT2D eigenvalue weighted by atomic mass is 16.5. The lowest BCUT2D eigenvalue weighted by Crippen LogP contribution is -2.37. The zero-order valence-corrected chi connectivity index (χ0v) is 18.7. The summed E-state index contributed by atoms with van der Waals surface area (Å²) in [5.74, 6) is 6.26. The lowest BCUT2D eigenvalue weighted by molar-refractivity contribution is 0.223. The quantitative estimate of drug-likeness (QED) is 0.258. The summed E-state index contributed by atoms with van der Waals surface area (Å²) in [6.45, 7) is 2.28. The molecule has 0 aliphatic heterocycles. The summed E-state index contributed by atoms with van der Waals surface area (Å²) in [7, 11) is 3.03. The molecule has 8 heteroatoms.